The van der Waals surface area contributed by atoms with E-state index in [0.717, 1.165) is 11.1 Å². The predicted molar refractivity (Wildman–Crippen MR) is 66.6 cm³/mol. The van der Waals surface area contributed by atoms with E-state index in [1.807, 2.05) is 19.1 Å². The van der Waals surface area contributed by atoms with E-state index >= 15 is 0 Å². The van der Waals surface area contributed by atoms with Gasteiger partial charge in [-0.3, -0.25) is 14.7 Å². The summed E-state index contributed by atoms with van der Waals surface area (Å²) in [5.41, 5.74) is 2.11. The molecule has 0 aliphatic rings. The van der Waals surface area contributed by atoms with Gasteiger partial charge in [0.2, 0.25) is 0 Å². The first kappa shape index (κ1) is 13.4. The number of nitrogens with zero attached hydrogens (tertiary/aromatic N) is 2. The molecule has 0 fully saturated rings. The molecule has 0 spiro atoms. The van der Waals surface area contributed by atoms with Crippen molar-refractivity contribution in [2.45, 2.75) is 19.9 Å². The summed E-state index contributed by atoms with van der Waals surface area (Å²) in [6, 6.07) is 3.87. The lowest BCUT2D eigenvalue weighted by Gasteiger charge is -2.21. The van der Waals surface area contributed by atoms with Gasteiger partial charge in [0.25, 0.3) is 0 Å². The highest BCUT2D eigenvalue weighted by atomic mass is 16.4. The van der Waals surface area contributed by atoms with Crippen LogP contribution in [0.2, 0.25) is 0 Å². The van der Waals surface area contributed by atoms with Gasteiger partial charge in [-0.25, -0.2) is 0 Å². The van der Waals surface area contributed by atoms with Gasteiger partial charge >= 0.3 is 5.97 Å². The van der Waals surface area contributed by atoms with Gasteiger partial charge in [-0.2, -0.15) is 0 Å². The van der Waals surface area contributed by atoms with Gasteiger partial charge in [0, 0.05) is 32.0 Å². The zero-order chi connectivity index (χ0) is 12.7. The third-order valence-electron chi connectivity index (χ3n) is 2.26. The zero-order valence-electron chi connectivity index (χ0n) is 10.1. The van der Waals surface area contributed by atoms with Crippen LogP contribution in [0.3, 0.4) is 0 Å². The van der Waals surface area contributed by atoms with Crippen LogP contribution < -0.4 is 0 Å². The van der Waals surface area contributed by atoms with E-state index in [4.69, 9.17) is 5.11 Å². The molecule has 0 aliphatic carbocycles. The Morgan fingerprint density at radius 1 is 1.59 bits per heavy atom. The van der Waals surface area contributed by atoms with E-state index in [-0.39, 0.29) is 6.42 Å². The van der Waals surface area contributed by atoms with Gasteiger partial charge in [0.15, 0.2) is 0 Å². The Hall–Kier alpha value is -1.68. The van der Waals surface area contributed by atoms with E-state index in [9.17, 15) is 4.79 Å². The summed E-state index contributed by atoms with van der Waals surface area (Å²) in [7, 11) is 0. The van der Waals surface area contributed by atoms with Crippen LogP contribution >= 0.6 is 0 Å². The molecule has 1 heterocycles. The molecule has 1 rings (SSSR count). The lowest BCUT2D eigenvalue weighted by molar-refractivity contribution is -0.137. The van der Waals surface area contributed by atoms with Crippen LogP contribution in [0.15, 0.2) is 36.7 Å². The average Bonchev–Trinajstić information content (AvgIpc) is 2.26. The standard InChI is InChI=1S/C13H18N2O2/c1-11(2)9-15(7-5-13(16)17)10-12-4-3-6-14-8-12/h3-4,6,8H,1,5,7,9-10H2,2H3,(H,16,17). The normalized spacial score (nSPS) is 10.5. The number of carboxylic acids is 1. The van der Waals surface area contributed by atoms with Crippen LogP contribution in [0.5, 0.6) is 0 Å². The first-order chi connectivity index (χ1) is 8.08. The number of aliphatic carboxylic acids is 1. The summed E-state index contributed by atoms with van der Waals surface area (Å²) < 4.78 is 0. The lowest BCUT2D eigenvalue weighted by Crippen LogP contribution is -2.27. The van der Waals surface area contributed by atoms with Crippen LogP contribution in [0.4, 0.5) is 0 Å². The minimum Gasteiger partial charge on any atom is -0.481 e. The summed E-state index contributed by atoms with van der Waals surface area (Å²) in [5, 5.41) is 8.70. The highest BCUT2D eigenvalue weighted by Crippen LogP contribution is 2.06. The molecule has 0 aliphatic heterocycles. The second kappa shape index (κ2) is 6.81. The van der Waals surface area contributed by atoms with Crippen molar-refractivity contribution in [2.24, 2.45) is 0 Å². The summed E-state index contributed by atoms with van der Waals surface area (Å²) >= 11 is 0. The molecular formula is C13H18N2O2. The highest BCUT2D eigenvalue weighted by Gasteiger charge is 2.08. The maximum absolute atomic E-state index is 10.6. The van der Waals surface area contributed by atoms with Crippen molar-refractivity contribution in [3.8, 4) is 0 Å². The Labute approximate surface area is 102 Å². The predicted octanol–water partition coefficient (Wildman–Crippen LogP) is 1.93. The Bertz CT molecular complexity index is 376. The molecular weight excluding hydrogens is 216 g/mol. The molecule has 0 bridgehead atoms. The fourth-order valence-corrected chi connectivity index (χ4v) is 1.60. The first-order valence-electron chi connectivity index (χ1n) is 5.55. The molecule has 92 valence electrons. The quantitative estimate of drug-likeness (QED) is 0.732. The van der Waals surface area contributed by atoms with Crippen molar-refractivity contribution < 1.29 is 9.90 Å². The summed E-state index contributed by atoms with van der Waals surface area (Å²) in [5.74, 6) is -0.775. The number of carboxylic acid groups (broad SMARTS) is 1. The van der Waals surface area contributed by atoms with E-state index in [1.165, 1.54) is 0 Å². The van der Waals surface area contributed by atoms with Gasteiger partial charge in [-0.1, -0.05) is 18.2 Å². The van der Waals surface area contributed by atoms with Crippen molar-refractivity contribution >= 4 is 5.97 Å². The highest BCUT2D eigenvalue weighted by molar-refractivity contribution is 5.66. The Morgan fingerprint density at radius 2 is 2.35 bits per heavy atom. The molecule has 0 saturated heterocycles. The van der Waals surface area contributed by atoms with Crippen molar-refractivity contribution in [3.05, 3.63) is 42.2 Å². The van der Waals surface area contributed by atoms with Crippen LogP contribution in [-0.4, -0.2) is 34.0 Å². The van der Waals surface area contributed by atoms with E-state index in [1.54, 1.807) is 12.4 Å². The minimum absolute atomic E-state index is 0.146. The molecule has 0 aromatic carbocycles. The third-order valence-corrected chi connectivity index (χ3v) is 2.26. The Balaban J connectivity index is 2.56. The molecule has 1 aromatic heterocycles. The fraction of sp³-hybridized carbons (Fsp3) is 0.385. The summed E-state index contributed by atoms with van der Waals surface area (Å²) in [6.07, 6.45) is 3.67. The molecule has 17 heavy (non-hydrogen) atoms. The smallest absolute Gasteiger partial charge is 0.304 e. The van der Waals surface area contributed by atoms with E-state index in [0.29, 0.717) is 19.6 Å². The summed E-state index contributed by atoms with van der Waals surface area (Å²) in [6.45, 7) is 7.74. The fourth-order valence-electron chi connectivity index (χ4n) is 1.60. The maximum atomic E-state index is 10.6. The number of hydrogen-bond acceptors (Lipinski definition) is 3. The minimum atomic E-state index is -0.775. The van der Waals surface area contributed by atoms with Gasteiger partial charge in [0.1, 0.15) is 0 Å². The first-order valence-corrected chi connectivity index (χ1v) is 5.55. The van der Waals surface area contributed by atoms with Crippen LogP contribution in [0, 0.1) is 0 Å². The Kier molecular flexibility index (Phi) is 5.36. The molecule has 0 radical (unpaired) electrons. The average molecular weight is 234 g/mol. The number of carbonyl (C=O) groups is 1. The second-order valence-corrected chi connectivity index (χ2v) is 4.17. The topological polar surface area (TPSA) is 53.4 Å². The molecule has 0 atom stereocenters. The van der Waals surface area contributed by atoms with E-state index < -0.39 is 5.97 Å². The summed E-state index contributed by atoms with van der Waals surface area (Å²) in [4.78, 5) is 16.7. The van der Waals surface area contributed by atoms with Crippen LogP contribution in [-0.2, 0) is 11.3 Å². The third kappa shape index (κ3) is 5.82. The second-order valence-electron chi connectivity index (χ2n) is 4.17. The number of pyridine rings is 1. The monoisotopic (exact) mass is 234 g/mol. The number of rotatable bonds is 7. The zero-order valence-corrected chi connectivity index (χ0v) is 10.1. The van der Waals surface area contributed by atoms with Crippen molar-refractivity contribution in [1.29, 1.82) is 0 Å². The molecule has 1 N–H and O–H groups in total. The molecule has 0 amide bonds. The van der Waals surface area contributed by atoms with Crippen LogP contribution in [0.1, 0.15) is 18.9 Å². The SMILES string of the molecule is C=C(C)CN(CCC(=O)O)Cc1cccnc1. The number of aromatic nitrogens is 1. The molecule has 4 heteroatoms. The van der Waals surface area contributed by atoms with E-state index in [2.05, 4.69) is 16.5 Å². The molecule has 4 nitrogen and oxygen atoms in total. The van der Waals surface area contributed by atoms with Crippen LogP contribution in [0.25, 0.3) is 0 Å². The number of hydrogen-bond donors (Lipinski definition) is 1. The Morgan fingerprint density at radius 3 is 2.88 bits per heavy atom. The van der Waals surface area contributed by atoms with Crippen molar-refractivity contribution in [3.63, 3.8) is 0 Å². The van der Waals surface area contributed by atoms with Gasteiger partial charge in [-0.05, 0) is 18.6 Å². The van der Waals surface area contributed by atoms with Crippen molar-refractivity contribution in [2.75, 3.05) is 13.1 Å². The van der Waals surface area contributed by atoms with Gasteiger partial charge < -0.3 is 5.11 Å². The van der Waals surface area contributed by atoms with Crippen molar-refractivity contribution in [1.82, 2.24) is 9.88 Å². The lowest BCUT2D eigenvalue weighted by atomic mass is 10.2. The molecule has 1 aromatic rings. The maximum Gasteiger partial charge on any atom is 0.304 e. The molecule has 0 saturated carbocycles. The van der Waals surface area contributed by atoms with Gasteiger partial charge in [-0.15, -0.1) is 0 Å². The van der Waals surface area contributed by atoms with Gasteiger partial charge in [0.05, 0.1) is 6.42 Å². The molecule has 0 unspecified atom stereocenters. The largest absolute Gasteiger partial charge is 0.481 e.